The molecule has 0 bridgehead atoms. The molecular weight excluding hydrogens is 276 g/mol. The second kappa shape index (κ2) is 4.58. The number of rotatable bonds is 2. The zero-order valence-electron chi connectivity index (χ0n) is 10.0. The second-order valence-electron chi connectivity index (χ2n) is 4.38. The highest BCUT2D eigenvalue weighted by Crippen LogP contribution is 2.33. The van der Waals surface area contributed by atoms with Crippen LogP contribution in [-0.4, -0.2) is 54.7 Å². The zero-order chi connectivity index (χ0) is 14.4. The van der Waals surface area contributed by atoms with Crippen molar-refractivity contribution in [2.24, 2.45) is 0 Å². The molecule has 0 aromatic carbocycles. The number of alkyl halides is 1. The Morgan fingerprint density at radius 2 is 2.20 bits per heavy atom. The van der Waals surface area contributed by atoms with Gasteiger partial charge in [0.25, 0.3) is 0 Å². The van der Waals surface area contributed by atoms with Gasteiger partial charge in [0.1, 0.15) is 12.2 Å². The third-order valence-electron chi connectivity index (χ3n) is 3.17. The minimum absolute atomic E-state index is 0.0477. The molecule has 10 heteroatoms. The molecule has 1 aliphatic rings. The third-order valence-corrected chi connectivity index (χ3v) is 3.17. The lowest BCUT2D eigenvalue weighted by Gasteiger charge is -2.14. The predicted octanol–water partition coefficient (Wildman–Crippen LogP) is -0.864. The van der Waals surface area contributed by atoms with Gasteiger partial charge in [-0.1, -0.05) is 0 Å². The summed E-state index contributed by atoms with van der Waals surface area (Å²) in [5.74, 6) is -0.182. The number of hydrogen-bond acceptors (Lipinski definition) is 7. The van der Waals surface area contributed by atoms with Crippen LogP contribution in [-0.2, 0) is 4.74 Å². The first kappa shape index (κ1) is 13.1. The summed E-state index contributed by atoms with van der Waals surface area (Å²) in [5, 5.41) is 18.6. The molecule has 4 atom stereocenters. The fraction of sp³-hybridized carbons (Fsp3) is 0.500. The van der Waals surface area contributed by atoms with Gasteiger partial charge in [0.05, 0.1) is 12.9 Å². The second-order valence-corrected chi connectivity index (χ2v) is 4.38. The van der Waals surface area contributed by atoms with Crippen LogP contribution >= 0.6 is 0 Å². The van der Waals surface area contributed by atoms with Crippen molar-refractivity contribution >= 4 is 17.0 Å². The molecule has 0 aliphatic carbocycles. The average Bonchev–Trinajstić information content (AvgIpc) is 2.93. The van der Waals surface area contributed by atoms with E-state index in [1.807, 2.05) is 0 Å². The number of aromatic nitrogens is 4. The van der Waals surface area contributed by atoms with Crippen molar-refractivity contribution in [1.82, 2.24) is 19.5 Å². The minimum atomic E-state index is -1.82. The van der Waals surface area contributed by atoms with Gasteiger partial charge in [0, 0.05) is 0 Å². The number of fused-ring (bicyclic) bond motifs is 1. The summed E-state index contributed by atoms with van der Waals surface area (Å²) in [6.07, 6.45) is -5.57. The van der Waals surface area contributed by atoms with E-state index in [0.717, 1.165) is 4.57 Å². The van der Waals surface area contributed by atoms with Crippen LogP contribution < -0.4 is 5.73 Å². The molecule has 2 aromatic heterocycles. The topological polar surface area (TPSA) is 119 Å². The van der Waals surface area contributed by atoms with Crippen molar-refractivity contribution in [3.05, 3.63) is 12.4 Å². The molecule has 8 nitrogen and oxygen atoms in total. The predicted molar refractivity (Wildman–Crippen MR) is 61.6 cm³/mol. The lowest BCUT2D eigenvalue weighted by molar-refractivity contribution is -0.0459. The Kier molecular flexibility index (Phi) is 3.00. The SMILES string of the molecule is Nc1nc(F)nc2c1ncn2[C@@H]1O[C@H](CO)C(O)[C@@H]1F. The van der Waals surface area contributed by atoms with E-state index in [9.17, 15) is 13.9 Å². The van der Waals surface area contributed by atoms with E-state index in [2.05, 4.69) is 15.0 Å². The van der Waals surface area contributed by atoms with Crippen LogP contribution in [0.4, 0.5) is 14.6 Å². The molecule has 1 unspecified atom stereocenters. The van der Waals surface area contributed by atoms with E-state index in [4.69, 9.17) is 15.6 Å². The normalized spacial score (nSPS) is 30.2. The largest absolute Gasteiger partial charge is 0.394 e. The Balaban J connectivity index is 2.07. The maximum absolute atomic E-state index is 14.0. The molecular formula is C10H11F2N5O3. The molecule has 2 aromatic rings. The highest BCUT2D eigenvalue weighted by Gasteiger charge is 2.45. The summed E-state index contributed by atoms with van der Waals surface area (Å²) < 4.78 is 33.5. The maximum Gasteiger partial charge on any atom is 0.312 e. The Labute approximate surface area is 110 Å². The van der Waals surface area contributed by atoms with Crippen LogP contribution in [0.2, 0.25) is 0 Å². The first-order valence-electron chi connectivity index (χ1n) is 5.77. The molecule has 3 rings (SSSR count). The van der Waals surface area contributed by atoms with Gasteiger partial charge >= 0.3 is 6.08 Å². The van der Waals surface area contributed by atoms with Gasteiger partial charge in [-0.3, -0.25) is 4.57 Å². The first-order chi connectivity index (χ1) is 9.52. The summed E-state index contributed by atoms with van der Waals surface area (Å²) in [6, 6.07) is 0. The molecule has 1 fully saturated rings. The number of halogens is 2. The van der Waals surface area contributed by atoms with Crippen LogP contribution in [0.15, 0.2) is 6.33 Å². The number of nitrogens with two attached hydrogens (primary N) is 1. The summed E-state index contributed by atoms with van der Waals surface area (Å²) in [6.45, 7) is -0.545. The van der Waals surface area contributed by atoms with E-state index < -0.39 is 37.3 Å². The summed E-state index contributed by atoms with van der Waals surface area (Å²) in [4.78, 5) is 10.7. The molecule has 0 amide bonds. The summed E-state index contributed by atoms with van der Waals surface area (Å²) >= 11 is 0. The molecule has 3 heterocycles. The smallest absolute Gasteiger partial charge is 0.312 e. The van der Waals surface area contributed by atoms with Crippen LogP contribution in [0.3, 0.4) is 0 Å². The molecule has 0 saturated carbocycles. The Bertz CT molecular complexity index is 651. The molecule has 0 spiro atoms. The number of hydrogen-bond donors (Lipinski definition) is 3. The van der Waals surface area contributed by atoms with Gasteiger partial charge in [0.15, 0.2) is 29.4 Å². The fourth-order valence-corrected chi connectivity index (χ4v) is 2.18. The third kappa shape index (κ3) is 1.80. The van der Waals surface area contributed by atoms with E-state index in [1.165, 1.54) is 6.33 Å². The Morgan fingerprint density at radius 1 is 1.45 bits per heavy atom. The van der Waals surface area contributed by atoms with E-state index in [-0.39, 0.29) is 17.0 Å². The number of ether oxygens (including phenoxy) is 1. The first-order valence-corrected chi connectivity index (χ1v) is 5.77. The van der Waals surface area contributed by atoms with Gasteiger partial charge < -0.3 is 20.7 Å². The van der Waals surface area contributed by atoms with Crippen molar-refractivity contribution in [1.29, 1.82) is 0 Å². The minimum Gasteiger partial charge on any atom is -0.394 e. The number of aliphatic hydroxyl groups excluding tert-OH is 2. The van der Waals surface area contributed by atoms with Crippen LogP contribution in [0.1, 0.15) is 6.23 Å². The van der Waals surface area contributed by atoms with Crippen LogP contribution in [0, 0.1) is 6.08 Å². The van der Waals surface area contributed by atoms with E-state index in [1.54, 1.807) is 0 Å². The number of imidazole rings is 1. The lowest BCUT2D eigenvalue weighted by Crippen LogP contribution is -2.30. The number of nitrogen functional groups attached to an aromatic ring is 1. The molecule has 1 aliphatic heterocycles. The molecule has 20 heavy (non-hydrogen) atoms. The quantitative estimate of drug-likeness (QED) is 0.614. The van der Waals surface area contributed by atoms with Crippen molar-refractivity contribution < 1.29 is 23.7 Å². The standard InChI is InChI=1S/C10H11F2N5O3/c11-4-6(19)3(1-18)20-9(4)17-2-14-5-7(13)15-10(12)16-8(5)17/h2-4,6,9,18-19H,1H2,(H2,13,15,16)/t3-,4+,6?,9-/m1/s1. The van der Waals surface area contributed by atoms with Gasteiger partial charge in [-0.25, -0.2) is 9.37 Å². The zero-order valence-corrected chi connectivity index (χ0v) is 10.0. The van der Waals surface area contributed by atoms with Crippen molar-refractivity contribution in [2.75, 3.05) is 12.3 Å². The molecule has 1 saturated heterocycles. The highest BCUT2D eigenvalue weighted by atomic mass is 19.1. The van der Waals surface area contributed by atoms with Crippen LogP contribution in [0.5, 0.6) is 0 Å². The van der Waals surface area contributed by atoms with Crippen molar-refractivity contribution in [3.63, 3.8) is 0 Å². The van der Waals surface area contributed by atoms with Gasteiger partial charge in [0.2, 0.25) is 0 Å². The fourth-order valence-electron chi connectivity index (χ4n) is 2.18. The summed E-state index contributed by atoms with van der Waals surface area (Å²) in [7, 11) is 0. The van der Waals surface area contributed by atoms with Gasteiger partial charge in [-0.2, -0.15) is 14.4 Å². The van der Waals surface area contributed by atoms with Crippen molar-refractivity contribution in [3.8, 4) is 0 Å². The van der Waals surface area contributed by atoms with E-state index >= 15 is 0 Å². The maximum atomic E-state index is 14.0. The number of anilines is 1. The molecule has 4 N–H and O–H groups in total. The van der Waals surface area contributed by atoms with Crippen LogP contribution in [0.25, 0.3) is 11.2 Å². The monoisotopic (exact) mass is 287 g/mol. The van der Waals surface area contributed by atoms with Crippen molar-refractivity contribution in [2.45, 2.75) is 24.6 Å². The average molecular weight is 287 g/mol. The Morgan fingerprint density at radius 3 is 2.85 bits per heavy atom. The van der Waals surface area contributed by atoms with Gasteiger partial charge in [-0.05, 0) is 0 Å². The highest BCUT2D eigenvalue weighted by molar-refractivity contribution is 5.81. The molecule has 108 valence electrons. The summed E-state index contributed by atoms with van der Waals surface area (Å²) in [5.41, 5.74) is 5.55. The number of aliphatic hydroxyl groups is 2. The van der Waals surface area contributed by atoms with E-state index in [0.29, 0.717) is 0 Å². The van der Waals surface area contributed by atoms with Gasteiger partial charge in [-0.15, -0.1) is 0 Å². The lowest BCUT2D eigenvalue weighted by atomic mass is 10.1. The Hall–Kier alpha value is -1.91. The molecule has 0 radical (unpaired) electrons. The number of nitrogens with zero attached hydrogens (tertiary/aromatic N) is 4.